The number of carbonyl (C=O) groups is 3. The molecule has 12 nitrogen and oxygen atoms in total. The molecule has 35 heavy (non-hydrogen) atoms. The molecule has 0 unspecified atom stereocenters. The smallest absolute Gasteiger partial charge is 0.303 e. The normalized spacial score (nSPS) is 21.6. The van der Waals surface area contributed by atoms with E-state index in [4.69, 9.17) is 18.9 Å². The lowest BCUT2D eigenvalue weighted by molar-refractivity contribution is -0.166. The number of halogens is 1. The Balaban J connectivity index is 1.80. The van der Waals surface area contributed by atoms with Crippen LogP contribution in [0.5, 0.6) is 0 Å². The van der Waals surface area contributed by atoms with Crippen LogP contribution in [0.1, 0.15) is 27.0 Å². The average Bonchev–Trinajstić information content (AvgIpc) is 3.34. The Hall–Kier alpha value is -4.13. The van der Waals surface area contributed by atoms with E-state index in [1.165, 1.54) is 62.0 Å². The molecule has 3 heterocycles. The quantitative estimate of drug-likeness (QED) is 0.365. The van der Waals surface area contributed by atoms with E-state index in [1.54, 1.807) is 0 Å². The summed E-state index contributed by atoms with van der Waals surface area (Å²) in [7, 11) is 0. The molecule has 4 atom stereocenters. The van der Waals surface area contributed by atoms with E-state index in [2.05, 4.69) is 10.1 Å². The highest BCUT2D eigenvalue weighted by molar-refractivity contribution is 5.68. The number of esters is 3. The van der Waals surface area contributed by atoms with Crippen LogP contribution in [0.3, 0.4) is 0 Å². The lowest BCUT2D eigenvalue weighted by Crippen LogP contribution is -2.40. The number of aromatic nitrogens is 4. The van der Waals surface area contributed by atoms with Gasteiger partial charge in [0.25, 0.3) is 5.56 Å². The van der Waals surface area contributed by atoms with Gasteiger partial charge in [-0.1, -0.05) is 0 Å². The average molecular weight is 488 g/mol. The molecule has 184 valence electrons. The summed E-state index contributed by atoms with van der Waals surface area (Å²) in [6.07, 6.45) is -3.20. The van der Waals surface area contributed by atoms with Crippen molar-refractivity contribution in [3.8, 4) is 11.3 Å². The van der Waals surface area contributed by atoms with E-state index in [0.717, 1.165) is 4.52 Å². The summed E-state index contributed by atoms with van der Waals surface area (Å²) >= 11 is 0. The molecule has 0 spiro atoms. The topological polar surface area (TPSA) is 140 Å². The van der Waals surface area contributed by atoms with Gasteiger partial charge in [0, 0.05) is 32.4 Å². The van der Waals surface area contributed by atoms with E-state index >= 15 is 0 Å². The number of ether oxygens (including phenoxy) is 4. The zero-order chi connectivity index (χ0) is 25.3. The molecule has 2 aromatic heterocycles. The van der Waals surface area contributed by atoms with Crippen LogP contribution in [0.15, 0.2) is 41.5 Å². The second kappa shape index (κ2) is 9.62. The highest BCUT2D eigenvalue weighted by atomic mass is 19.1. The van der Waals surface area contributed by atoms with Gasteiger partial charge in [0.1, 0.15) is 24.9 Å². The minimum absolute atomic E-state index is 0.0219. The van der Waals surface area contributed by atoms with Crippen LogP contribution in [-0.4, -0.2) is 62.0 Å². The Bertz CT molecular complexity index is 1340. The van der Waals surface area contributed by atoms with Gasteiger partial charge in [-0.05, 0) is 24.3 Å². The van der Waals surface area contributed by atoms with Crippen molar-refractivity contribution in [2.24, 2.45) is 0 Å². The molecule has 0 saturated carbocycles. The molecule has 3 aromatic rings. The first-order valence-electron chi connectivity index (χ1n) is 10.5. The van der Waals surface area contributed by atoms with Crippen LogP contribution < -0.4 is 5.56 Å². The van der Waals surface area contributed by atoms with Crippen LogP contribution in [0.2, 0.25) is 0 Å². The van der Waals surface area contributed by atoms with E-state index in [9.17, 15) is 23.6 Å². The summed E-state index contributed by atoms with van der Waals surface area (Å²) in [5.41, 5.74) is 0.197. The zero-order valence-corrected chi connectivity index (χ0v) is 18.9. The number of fused-ring (bicyclic) bond motifs is 1. The summed E-state index contributed by atoms with van der Waals surface area (Å²) in [5, 5.41) is 4.04. The minimum Gasteiger partial charge on any atom is -0.463 e. The molecule has 1 aliphatic rings. The molecule has 1 aliphatic heterocycles. The van der Waals surface area contributed by atoms with Gasteiger partial charge in [-0.15, -0.1) is 0 Å². The van der Waals surface area contributed by atoms with E-state index in [1.807, 2.05) is 0 Å². The number of hydrogen-bond acceptors (Lipinski definition) is 10. The lowest BCUT2D eigenvalue weighted by atomic mass is 10.1. The Kier molecular flexibility index (Phi) is 6.60. The third-order valence-corrected chi connectivity index (χ3v) is 5.16. The summed E-state index contributed by atoms with van der Waals surface area (Å²) in [6.45, 7) is 3.25. The Morgan fingerprint density at radius 3 is 2.31 bits per heavy atom. The van der Waals surface area contributed by atoms with Crippen molar-refractivity contribution < 1.29 is 37.7 Å². The van der Waals surface area contributed by atoms with Crippen molar-refractivity contribution in [1.82, 2.24) is 19.2 Å². The first-order valence-corrected chi connectivity index (χ1v) is 10.5. The van der Waals surface area contributed by atoms with Crippen molar-refractivity contribution in [2.75, 3.05) is 6.61 Å². The monoisotopic (exact) mass is 488 g/mol. The largest absolute Gasteiger partial charge is 0.463 e. The molecule has 0 N–H and O–H groups in total. The molecule has 13 heteroatoms. The van der Waals surface area contributed by atoms with Crippen molar-refractivity contribution >= 4 is 23.7 Å². The van der Waals surface area contributed by atoms with Crippen LogP contribution >= 0.6 is 0 Å². The molecular formula is C22H21FN4O8. The molecule has 0 aliphatic carbocycles. The first kappa shape index (κ1) is 24.0. The molecule has 0 radical (unpaired) electrons. The van der Waals surface area contributed by atoms with Gasteiger partial charge < -0.3 is 18.9 Å². The van der Waals surface area contributed by atoms with Crippen LogP contribution in [-0.2, 0) is 33.3 Å². The standard InChI is InChI=1S/C22H21FN4O8/c1-11(28)32-9-17-19(33-12(2)29)20(34-13(3)30)21(35-17)26-10-24-27-18(31)8-16(25-22(26)27)14-4-6-15(23)7-5-14/h4-8,10,17,19-21H,9H2,1-3H3/t17-,19-,20-,21-/m1/s1. The Morgan fingerprint density at radius 1 is 1.03 bits per heavy atom. The van der Waals surface area contributed by atoms with Crippen molar-refractivity contribution in [3.63, 3.8) is 0 Å². The fourth-order valence-electron chi connectivity index (χ4n) is 3.76. The number of carbonyl (C=O) groups excluding carboxylic acids is 3. The number of rotatable bonds is 6. The SMILES string of the molecule is CC(=O)OC[C@H]1O[C@@H](n2cnn3c(=O)cc(-c4ccc(F)cc4)nc23)[C@H](OC(C)=O)[C@@H]1OC(C)=O. The molecule has 4 rings (SSSR count). The maximum absolute atomic E-state index is 13.4. The molecule has 0 bridgehead atoms. The second-order valence-corrected chi connectivity index (χ2v) is 7.75. The van der Waals surface area contributed by atoms with Crippen molar-refractivity contribution in [2.45, 2.75) is 45.3 Å². The maximum Gasteiger partial charge on any atom is 0.303 e. The Morgan fingerprint density at radius 2 is 1.69 bits per heavy atom. The lowest BCUT2D eigenvalue weighted by Gasteiger charge is -2.23. The summed E-state index contributed by atoms with van der Waals surface area (Å²) in [6, 6.07) is 6.64. The molecule has 1 fully saturated rings. The van der Waals surface area contributed by atoms with Crippen molar-refractivity contribution in [1.29, 1.82) is 0 Å². The van der Waals surface area contributed by atoms with Gasteiger partial charge >= 0.3 is 17.9 Å². The number of benzene rings is 1. The predicted molar refractivity (Wildman–Crippen MR) is 114 cm³/mol. The summed E-state index contributed by atoms with van der Waals surface area (Å²) in [5.74, 6) is -2.37. The molecule has 0 amide bonds. The Labute approximate surface area is 197 Å². The van der Waals surface area contributed by atoms with Crippen LogP contribution in [0.4, 0.5) is 4.39 Å². The minimum atomic E-state index is -1.18. The highest BCUT2D eigenvalue weighted by Gasteiger charge is 2.51. The van der Waals surface area contributed by atoms with Gasteiger partial charge in [-0.3, -0.25) is 23.7 Å². The third kappa shape index (κ3) is 5.04. The number of nitrogens with zero attached hydrogens (tertiary/aromatic N) is 4. The molecule has 1 aromatic carbocycles. The molecule has 1 saturated heterocycles. The fourth-order valence-corrected chi connectivity index (χ4v) is 3.76. The number of hydrogen-bond donors (Lipinski definition) is 0. The van der Waals surface area contributed by atoms with Gasteiger partial charge in [0.05, 0.1) is 5.69 Å². The van der Waals surface area contributed by atoms with E-state index in [-0.39, 0.29) is 18.1 Å². The maximum atomic E-state index is 13.4. The third-order valence-electron chi connectivity index (χ3n) is 5.16. The van der Waals surface area contributed by atoms with Crippen LogP contribution in [0.25, 0.3) is 17.0 Å². The van der Waals surface area contributed by atoms with Gasteiger partial charge in [-0.25, -0.2) is 9.37 Å². The van der Waals surface area contributed by atoms with E-state index < -0.39 is 53.8 Å². The van der Waals surface area contributed by atoms with Crippen molar-refractivity contribution in [3.05, 3.63) is 52.8 Å². The molecular weight excluding hydrogens is 467 g/mol. The fraction of sp³-hybridized carbons (Fsp3) is 0.364. The van der Waals surface area contributed by atoms with Gasteiger partial charge in [0.15, 0.2) is 18.4 Å². The second-order valence-electron chi connectivity index (χ2n) is 7.75. The summed E-state index contributed by atoms with van der Waals surface area (Å²) < 4.78 is 37.5. The zero-order valence-electron chi connectivity index (χ0n) is 18.9. The van der Waals surface area contributed by atoms with E-state index in [0.29, 0.717) is 5.56 Å². The van der Waals surface area contributed by atoms with Gasteiger partial charge in [-0.2, -0.15) is 9.61 Å². The predicted octanol–water partition coefficient (Wildman–Crippen LogP) is 1.02. The highest BCUT2D eigenvalue weighted by Crippen LogP contribution is 2.35. The van der Waals surface area contributed by atoms with Crippen LogP contribution in [0, 0.1) is 5.82 Å². The van der Waals surface area contributed by atoms with Gasteiger partial charge in [0.2, 0.25) is 5.78 Å². The summed E-state index contributed by atoms with van der Waals surface area (Å²) in [4.78, 5) is 52.1. The first-order chi connectivity index (χ1) is 16.6.